The molecular formula is C16H15N5O2. The quantitative estimate of drug-likeness (QED) is 0.746. The Morgan fingerprint density at radius 3 is 2.74 bits per heavy atom. The third-order valence-electron chi connectivity index (χ3n) is 3.33. The molecular weight excluding hydrogens is 294 g/mol. The zero-order chi connectivity index (χ0) is 16.2. The average Bonchev–Trinajstić information content (AvgIpc) is 2.97. The number of hydrogen-bond acceptors (Lipinski definition) is 6. The van der Waals surface area contributed by atoms with Crippen molar-refractivity contribution in [2.24, 2.45) is 0 Å². The van der Waals surface area contributed by atoms with Crippen molar-refractivity contribution in [3.05, 3.63) is 60.2 Å². The Morgan fingerprint density at radius 1 is 1.22 bits per heavy atom. The zero-order valence-corrected chi connectivity index (χ0v) is 12.7. The minimum absolute atomic E-state index is 0.406. The Labute approximate surface area is 133 Å². The highest BCUT2D eigenvalue weighted by atomic mass is 16.5. The number of methoxy groups -OCH3 is 1. The number of hydrogen-bond donors (Lipinski definition) is 1. The molecule has 0 aliphatic rings. The highest BCUT2D eigenvalue weighted by molar-refractivity contribution is 5.90. The summed E-state index contributed by atoms with van der Waals surface area (Å²) < 4.78 is 6.31. The van der Waals surface area contributed by atoms with E-state index in [4.69, 9.17) is 4.74 Å². The third kappa shape index (κ3) is 3.03. The summed E-state index contributed by atoms with van der Waals surface area (Å²) in [6.07, 6.45) is 2.91. The van der Waals surface area contributed by atoms with Crippen LogP contribution in [0, 0.1) is 6.92 Å². The zero-order valence-electron chi connectivity index (χ0n) is 12.7. The van der Waals surface area contributed by atoms with Crippen LogP contribution in [0.1, 0.15) is 16.1 Å². The van der Waals surface area contributed by atoms with Gasteiger partial charge < -0.3 is 10.1 Å². The molecule has 7 heteroatoms. The van der Waals surface area contributed by atoms with Gasteiger partial charge in [-0.3, -0.25) is 0 Å². The molecule has 0 bridgehead atoms. The first-order valence-electron chi connectivity index (χ1n) is 6.96. The van der Waals surface area contributed by atoms with Crippen LogP contribution in [0.3, 0.4) is 0 Å². The van der Waals surface area contributed by atoms with E-state index in [2.05, 4.69) is 20.4 Å². The molecule has 0 saturated heterocycles. The molecule has 0 saturated carbocycles. The average molecular weight is 309 g/mol. The summed E-state index contributed by atoms with van der Waals surface area (Å²) in [4.78, 5) is 20.1. The molecule has 3 aromatic rings. The van der Waals surface area contributed by atoms with Gasteiger partial charge in [-0.05, 0) is 19.1 Å². The molecule has 3 rings (SSSR count). The van der Waals surface area contributed by atoms with Crippen LogP contribution in [0.25, 0.3) is 5.82 Å². The second-order valence-corrected chi connectivity index (χ2v) is 4.80. The largest absolute Gasteiger partial charge is 0.465 e. The molecule has 2 heterocycles. The number of para-hydroxylation sites is 1. The molecule has 0 radical (unpaired) electrons. The normalized spacial score (nSPS) is 10.3. The first kappa shape index (κ1) is 14.7. The second kappa shape index (κ2) is 6.27. The van der Waals surface area contributed by atoms with Crippen LogP contribution < -0.4 is 5.32 Å². The molecule has 0 amide bonds. The van der Waals surface area contributed by atoms with Crippen LogP contribution in [0.2, 0.25) is 0 Å². The summed E-state index contributed by atoms with van der Waals surface area (Å²) in [6, 6.07) is 11.5. The van der Waals surface area contributed by atoms with E-state index in [1.165, 1.54) is 19.6 Å². The first-order chi connectivity index (χ1) is 11.2. The molecule has 116 valence electrons. The van der Waals surface area contributed by atoms with Gasteiger partial charge in [0, 0.05) is 11.8 Å². The third-order valence-corrected chi connectivity index (χ3v) is 3.33. The molecule has 0 atom stereocenters. The fourth-order valence-corrected chi connectivity index (χ4v) is 2.15. The molecule has 1 N–H and O–H groups in total. The van der Waals surface area contributed by atoms with Crippen molar-refractivity contribution in [1.29, 1.82) is 0 Å². The van der Waals surface area contributed by atoms with Crippen molar-refractivity contribution in [1.82, 2.24) is 19.7 Å². The van der Waals surface area contributed by atoms with Gasteiger partial charge in [0.2, 0.25) is 0 Å². The van der Waals surface area contributed by atoms with Gasteiger partial charge in [-0.2, -0.15) is 5.10 Å². The summed E-state index contributed by atoms with van der Waals surface area (Å²) in [7, 11) is 1.34. The lowest BCUT2D eigenvalue weighted by Gasteiger charge is -2.08. The maximum atomic E-state index is 11.7. The first-order valence-corrected chi connectivity index (χ1v) is 6.96. The van der Waals surface area contributed by atoms with Gasteiger partial charge in [-0.1, -0.05) is 18.2 Å². The van der Waals surface area contributed by atoms with Gasteiger partial charge in [-0.15, -0.1) is 0 Å². The number of carbonyl (C=O) groups excluding carboxylic acids is 1. The van der Waals surface area contributed by atoms with Crippen molar-refractivity contribution in [2.75, 3.05) is 12.4 Å². The number of rotatable bonds is 4. The lowest BCUT2D eigenvalue weighted by molar-refractivity contribution is 0.0600. The van der Waals surface area contributed by atoms with Gasteiger partial charge in [0.15, 0.2) is 5.82 Å². The van der Waals surface area contributed by atoms with E-state index in [0.717, 1.165) is 5.69 Å². The minimum Gasteiger partial charge on any atom is -0.465 e. The molecule has 0 fully saturated rings. The highest BCUT2D eigenvalue weighted by Crippen LogP contribution is 2.17. The molecule has 23 heavy (non-hydrogen) atoms. The number of benzene rings is 1. The van der Waals surface area contributed by atoms with Crippen molar-refractivity contribution in [3.63, 3.8) is 0 Å². The molecule has 2 aromatic heterocycles. The number of ether oxygens (including phenoxy) is 1. The second-order valence-electron chi connectivity index (χ2n) is 4.80. The topological polar surface area (TPSA) is 81.9 Å². The van der Waals surface area contributed by atoms with Gasteiger partial charge in [0.1, 0.15) is 17.7 Å². The van der Waals surface area contributed by atoms with Gasteiger partial charge >= 0.3 is 5.97 Å². The minimum atomic E-state index is -0.426. The standard InChI is InChI=1S/C16H15N5O2/c1-11-13(16(22)23-2)9-19-21(11)15-8-14(17-10-18-15)20-12-6-4-3-5-7-12/h3-10H,1-2H3,(H,17,18,20). The maximum absolute atomic E-state index is 11.7. The number of nitrogens with zero attached hydrogens (tertiary/aromatic N) is 4. The van der Waals surface area contributed by atoms with Crippen LogP contribution in [-0.4, -0.2) is 32.8 Å². The number of anilines is 2. The van der Waals surface area contributed by atoms with Crippen molar-refractivity contribution in [3.8, 4) is 5.82 Å². The van der Waals surface area contributed by atoms with Crippen molar-refractivity contribution < 1.29 is 9.53 Å². The van der Waals surface area contributed by atoms with Crippen LogP contribution in [-0.2, 0) is 4.74 Å². The van der Waals surface area contributed by atoms with Crippen LogP contribution in [0.5, 0.6) is 0 Å². The number of nitrogens with one attached hydrogen (secondary N) is 1. The Morgan fingerprint density at radius 2 is 2.00 bits per heavy atom. The maximum Gasteiger partial charge on any atom is 0.341 e. The van der Waals surface area contributed by atoms with Gasteiger partial charge in [0.05, 0.1) is 19.0 Å². The number of esters is 1. The molecule has 0 spiro atoms. The monoisotopic (exact) mass is 309 g/mol. The van der Waals surface area contributed by atoms with E-state index >= 15 is 0 Å². The summed E-state index contributed by atoms with van der Waals surface area (Å²) in [5, 5.41) is 7.39. The van der Waals surface area contributed by atoms with Crippen molar-refractivity contribution >= 4 is 17.5 Å². The van der Waals surface area contributed by atoms with E-state index < -0.39 is 5.97 Å². The Balaban J connectivity index is 1.91. The van der Waals surface area contributed by atoms with E-state index in [9.17, 15) is 4.79 Å². The van der Waals surface area contributed by atoms with E-state index in [-0.39, 0.29) is 0 Å². The number of aromatic nitrogens is 4. The van der Waals surface area contributed by atoms with E-state index in [0.29, 0.717) is 22.9 Å². The Hall–Kier alpha value is -3.22. The predicted octanol–water partition coefficient (Wildman–Crippen LogP) is 2.50. The summed E-state index contributed by atoms with van der Waals surface area (Å²) in [6.45, 7) is 1.78. The Kier molecular flexibility index (Phi) is 4.01. The van der Waals surface area contributed by atoms with Crippen molar-refractivity contribution in [2.45, 2.75) is 6.92 Å². The van der Waals surface area contributed by atoms with Gasteiger partial charge in [0.25, 0.3) is 0 Å². The molecule has 1 aromatic carbocycles. The molecule has 0 unspecified atom stereocenters. The smallest absolute Gasteiger partial charge is 0.341 e. The number of carbonyl (C=O) groups is 1. The summed E-state index contributed by atoms with van der Waals surface area (Å²) in [5.74, 6) is 0.771. The van der Waals surface area contributed by atoms with Crippen LogP contribution >= 0.6 is 0 Å². The lowest BCUT2D eigenvalue weighted by Crippen LogP contribution is -2.06. The summed E-state index contributed by atoms with van der Waals surface area (Å²) in [5.41, 5.74) is 1.98. The van der Waals surface area contributed by atoms with E-state index in [1.807, 2.05) is 30.3 Å². The SMILES string of the molecule is COC(=O)c1cnn(-c2cc(Nc3ccccc3)ncn2)c1C. The van der Waals surface area contributed by atoms with Crippen LogP contribution in [0.4, 0.5) is 11.5 Å². The van der Waals surface area contributed by atoms with Gasteiger partial charge in [-0.25, -0.2) is 19.4 Å². The summed E-state index contributed by atoms with van der Waals surface area (Å²) >= 11 is 0. The fourth-order valence-electron chi connectivity index (χ4n) is 2.15. The fraction of sp³-hybridized carbons (Fsp3) is 0.125. The highest BCUT2D eigenvalue weighted by Gasteiger charge is 2.16. The molecule has 0 aliphatic carbocycles. The Bertz CT molecular complexity index is 829. The predicted molar refractivity (Wildman–Crippen MR) is 85.0 cm³/mol. The van der Waals surface area contributed by atoms with Crippen LogP contribution in [0.15, 0.2) is 48.9 Å². The molecule has 0 aliphatic heterocycles. The van der Waals surface area contributed by atoms with E-state index in [1.54, 1.807) is 17.7 Å². The lowest BCUT2D eigenvalue weighted by atomic mass is 10.2. The molecule has 7 nitrogen and oxygen atoms in total.